The van der Waals surface area contributed by atoms with Crippen LogP contribution < -0.4 is 0 Å². The minimum Gasteiger partial charge on any atom is -0.387 e. The first kappa shape index (κ1) is 16.9. The molecule has 1 heterocycles. The molecule has 2 aromatic rings. The lowest BCUT2D eigenvalue weighted by Crippen LogP contribution is -2.24. The summed E-state index contributed by atoms with van der Waals surface area (Å²) in [5.74, 6) is 1.15. The molecule has 0 saturated carbocycles. The van der Waals surface area contributed by atoms with Crippen LogP contribution in [-0.2, 0) is 17.7 Å². The molecule has 2 rings (SSSR count). The number of hydrogen-bond acceptors (Lipinski definition) is 6. The molecule has 0 aliphatic carbocycles. The monoisotopic (exact) mass is 325 g/mol. The number of methoxy groups -OCH3 is 1. The van der Waals surface area contributed by atoms with Crippen LogP contribution in [0.4, 0.5) is 0 Å². The van der Waals surface area contributed by atoms with Gasteiger partial charge in [0, 0.05) is 25.1 Å². The predicted octanol–water partition coefficient (Wildman–Crippen LogP) is 2.08. The van der Waals surface area contributed by atoms with E-state index >= 15 is 0 Å². The molecule has 0 fully saturated rings. The zero-order valence-electron chi connectivity index (χ0n) is 12.7. The van der Waals surface area contributed by atoms with E-state index in [9.17, 15) is 5.11 Å². The number of likely N-dealkylation sites (N-methyl/N-ethyl adjacent to an activating group) is 1. The summed E-state index contributed by atoms with van der Waals surface area (Å²) in [6, 6.07) is 7.21. The average molecular weight is 326 g/mol. The molecule has 0 bridgehead atoms. The number of ether oxygens (including phenoxy) is 1. The first-order chi connectivity index (χ1) is 10.6. The summed E-state index contributed by atoms with van der Waals surface area (Å²) in [4.78, 5) is 6.20. The van der Waals surface area contributed by atoms with E-state index in [0.29, 0.717) is 42.9 Å². The first-order valence-electron chi connectivity index (χ1n) is 7.01. The number of hydrogen-bond donors (Lipinski definition) is 1. The van der Waals surface area contributed by atoms with Gasteiger partial charge in [-0.05, 0) is 24.7 Å². The minimum atomic E-state index is -0.625. The summed E-state index contributed by atoms with van der Waals surface area (Å²) in [6.45, 7) is 1.47. The number of aromatic nitrogens is 2. The smallest absolute Gasteiger partial charge is 0.240 e. The van der Waals surface area contributed by atoms with Crippen molar-refractivity contribution in [1.82, 2.24) is 15.0 Å². The summed E-state index contributed by atoms with van der Waals surface area (Å²) in [5.41, 5.74) is 0.783. The van der Waals surface area contributed by atoms with Crippen LogP contribution in [0.3, 0.4) is 0 Å². The van der Waals surface area contributed by atoms with Crippen molar-refractivity contribution in [2.24, 2.45) is 0 Å². The van der Waals surface area contributed by atoms with Crippen LogP contribution in [0.25, 0.3) is 0 Å². The topological polar surface area (TPSA) is 71.6 Å². The lowest BCUT2D eigenvalue weighted by atomic mass is 10.1. The van der Waals surface area contributed by atoms with Gasteiger partial charge in [0.1, 0.15) is 0 Å². The summed E-state index contributed by atoms with van der Waals surface area (Å²) in [5, 5.41) is 14.7. The van der Waals surface area contributed by atoms with E-state index in [-0.39, 0.29) is 0 Å². The highest BCUT2D eigenvalue weighted by atomic mass is 35.5. The molecule has 0 amide bonds. The molecule has 1 atom stereocenters. The molecule has 1 aromatic carbocycles. The molecular weight excluding hydrogens is 306 g/mol. The molecular formula is C15H20ClN3O3. The van der Waals surface area contributed by atoms with Crippen LogP contribution in [0.2, 0.25) is 5.02 Å². The van der Waals surface area contributed by atoms with E-state index in [1.807, 2.05) is 24.1 Å². The lowest BCUT2D eigenvalue weighted by molar-refractivity contribution is 0.118. The largest absolute Gasteiger partial charge is 0.387 e. The third-order valence-electron chi connectivity index (χ3n) is 3.16. The van der Waals surface area contributed by atoms with Gasteiger partial charge in [0.05, 0.1) is 19.3 Å². The minimum absolute atomic E-state index is 0.441. The molecule has 0 aliphatic rings. The van der Waals surface area contributed by atoms with E-state index in [0.717, 1.165) is 5.56 Å². The maximum absolute atomic E-state index is 10.2. The van der Waals surface area contributed by atoms with Gasteiger partial charge in [-0.2, -0.15) is 4.98 Å². The van der Waals surface area contributed by atoms with Gasteiger partial charge in [-0.25, -0.2) is 0 Å². The van der Waals surface area contributed by atoms with Crippen molar-refractivity contribution >= 4 is 11.6 Å². The Bertz CT molecular complexity index is 591. The normalized spacial score (nSPS) is 12.8. The second kappa shape index (κ2) is 8.24. The van der Waals surface area contributed by atoms with Gasteiger partial charge in [-0.3, -0.25) is 4.90 Å². The first-order valence-corrected chi connectivity index (χ1v) is 7.38. The zero-order chi connectivity index (χ0) is 15.9. The Morgan fingerprint density at radius 2 is 2.27 bits per heavy atom. The Balaban J connectivity index is 1.86. The lowest BCUT2D eigenvalue weighted by Gasteiger charge is -2.19. The summed E-state index contributed by atoms with van der Waals surface area (Å²) in [7, 11) is 3.51. The van der Waals surface area contributed by atoms with Gasteiger partial charge in [0.25, 0.3) is 0 Å². The van der Waals surface area contributed by atoms with Crippen molar-refractivity contribution in [1.29, 1.82) is 0 Å². The Labute approximate surface area is 134 Å². The second-order valence-electron chi connectivity index (χ2n) is 5.11. The standard InChI is InChI=1S/C15H20ClN3O3/c1-19(9-13(20)11-4-3-5-12(16)8-11)10-15-17-14(18-22-15)6-7-21-2/h3-5,8,13,20H,6-7,9-10H2,1-2H3. The van der Waals surface area contributed by atoms with E-state index in [4.69, 9.17) is 20.9 Å². The van der Waals surface area contributed by atoms with Crippen LogP contribution in [0, 0.1) is 0 Å². The van der Waals surface area contributed by atoms with Gasteiger partial charge in [0.15, 0.2) is 5.82 Å². The average Bonchev–Trinajstić information content (AvgIpc) is 2.92. The van der Waals surface area contributed by atoms with Crippen LogP contribution in [0.1, 0.15) is 23.4 Å². The van der Waals surface area contributed by atoms with Crippen LogP contribution >= 0.6 is 11.6 Å². The van der Waals surface area contributed by atoms with Gasteiger partial charge in [-0.1, -0.05) is 28.9 Å². The highest BCUT2D eigenvalue weighted by molar-refractivity contribution is 6.30. The maximum Gasteiger partial charge on any atom is 0.240 e. The van der Waals surface area contributed by atoms with Gasteiger partial charge >= 0.3 is 0 Å². The number of nitrogens with zero attached hydrogens (tertiary/aromatic N) is 3. The number of rotatable bonds is 8. The molecule has 7 heteroatoms. The maximum atomic E-state index is 10.2. The van der Waals surface area contributed by atoms with Crippen LogP contribution in [0.15, 0.2) is 28.8 Å². The van der Waals surface area contributed by atoms with Crippen molar-refractivity contribution < 1.29 is 14.4 Å². The third kappa shape index (κ3) is 5.06. The fourth-order valence-electron chi connectivity index (χ4n) is 2.06. The molecule has 120 valence electrons. The Hall–Kier alpha value is -1.47. The van der Waals surface area contributed by atoms with Crippen molar-refractivity contribution in [2.45, 2.75) is 19.1 Å². The molecule has 0 aliphatic heterocycles. The predicted molar refractivity (Wildman–Crippen MR) is 82.6 cm³/mol. The Morgan fingerprint density at radius 3 is 3.00 bits per heavy atom. The highest BCUT2D eigenvalue weighted by Crippen LogP contribution is 2.18. The molecule has 1 unspecified atom stereocenters. The number of aliphatic hydroxyl groups excluding tert-OH is 1. The second-order valence-corrected chi connectivity index (χ2v) is 5.55. The van der Waals surface area contributed by atoms with Gasteiger partial charge < -0.3 is 14.4 Å². The van der Waals surface area contributed by atoms with Crippen molar-refractivity contribution in [3.05, 3.63) is 46.6 Å². The number of benzene rings is 1. The molecule has 0 saturated heterocycles. The van der Waals surface area contributed by atoms with E-state index in [1.54, 1.807) is 19.2 Å². The highest BCUT2D eigenvalue weighted by Gasteiger charge is 2.14. The fraction of sp³-hybridized carbons (Fsp3) is 0.467. The fourth-order valence-corrected chi connectivity index (χ4v) is 2.26. The summed E-state index contributed by atoms with van der Waals surface area (Å²) < 4.78 is 10.1. The SMILES string of the molecule is COCCc1noc(CN(C)CC(O)c2cccc(Cl)c2)n1. The quantitative estimate of drug-likeness (QED) is 0.801. The summed E-state index contributed by atoms with van der Waals surface area (Å²) >= 11 is 5.93. The Morgan fingerprint density at radius 1 is 1.45 bits per heavy atom. The van der Waals surface area contributed by atoms with Crippen LogP contribution in [0.5, 0.6) is 0 Å². The third-order valence-corrected chi connectivity index (χ3v) is 3.40. The number of aliphatic hydroxyl groups is 1. The molecule has 1 aromatic heterocycles. The number of halogens is 1. The molecule has 22 heavy (non-hydrogen) atoms. The molecule has 0 spiro atoms. The van der Waals surface area contributed by atoms with Crippen molar-refractivity contribution in [3.8, 4) is 0 Å². The van der Waals surface area contributed by atoms with E-state index in [1.165, 1.54) is 0 Å². The van der Waals surface area contributed by atoms with E-state index < -0.39 is 6.10 Å². The van der Waals surface area contributed by atoms with Crippen molar-refractivity contribution in [3.63, 3.8) is 0 Å². The zero-order valence-corrected chi connectivity index (χ0v) is 13.5. The molecule has 6 nitrogen and oxygen atoms in total. The van der Waals surface area contributed by atoms with Crippen LogP contribution in [-0.4, -0.2) is 47.5 Å². The molecule has 1 N–H and O–H groups in total. The summed E-state index contributed by atoms with van der Waals surface area (Å²) in [6.07, 6.45) is -0.00549. The molecule has 0 radical (unpaired) electrons. The van der Waals surface area contributed by atoms with Gasteiger partial charge in [0.2, 0.25) is 5.89 Å². The Kier molecular flexibility index (Phi) is 6.33. The van der Waals surface area contributed by atoms with Crippen molar-refractivity contribution in [2.75, 3.05) is 27.3 Å². The van der Waals surface area contributed by atoms with Gasteiger partial charge in [-0.15, -0.1) is 0 Å². The van der Waals surface area contributed by atoms with E-state index in [2.05, 4.69) is 10.1 Å².